The van der Waals surface area contributed by atoms with E-state index in [-0.39, 0.29) is 5.91 Å². The number of likely N-dealkylation sites (N-methyl/N-ethyl adjacent to an activating group) is 1. The number of hydrogen-bond acceptors (Lipinski definition) is 2. The minimum absolute atomic E-state index is 0.234. The van der Waals surface area contributed by atoms with E-state index in [1.165, 1.54) is 0 Å². The Bertz CT molecular complexity index is 178. The molecular formula is C11H24N2O. The maximum atomic E-state index is 11.5. The Morgan fingerprint density at radius 3 is 1.71 bits per heavy atom. The second-order valence-electron chi connectivity index (χ2n) is 4.89. The number of hydrogen-bond donors (Lipinski definition) is 2. The van der Waals surface area contributed by atoms with Gasteiger partial charge in [0, 0.05) is 0 Å². The third kappa shape index (κ3) is 3.66. The van der Waals surface area contributed by atoms with E-state index in [1.807, 2.05) is 7.05 Å². The van der Waals surface area contributed by atoms with Crippen LogP contribution in [0.5, 0.6) is 0 Å². The summed E-state index contributed by atoms with van der Waals surface area (Å²) < 4.78 is 0. The standard InChI is InChI=1S/C11H24N2O/c1-8(2)6-11(13-5,10(12)14)7-9(3)4/h8-9,13H,6-7H2,1-5H3,(H2,12,14). The minimum Gasteiger partial charge on any atom is -0.368 e. The van der Waals surface area contributed by atoms with Gasteiger partial charge < -0.3 is 11.1 Å². The zero-order valence-corrected chi connectivity index (χ0v) is 10.1. The first-order valence-corrected chi connectivity index (χ1v) is 5.33. The molecule has 0 aliphatic heterocycles. The third-order valence-corrected chi connectivity index (χ3v) is 2.46. The zero-order valence-electron chi connectivity index (χ0n) is 10.1. The van der Waals surface area contributed by atoms with Crippen LogP contribution in [-0.4, -0.2) is 18.5 Å². The second kappa shape index (κ2) is 5.35. The highest BCUT2D eigenvalue weighted by atomic mass is 16.1. The Balaban J connectivity index is 4.69. The van der Waals surface area contributed by atoms with Crippen LogP contribution in [0.4, 0.5) is 0 Å². The predicted molar refractivity (Wildman–Crippen MR) is 59.9 cm³/mol. The van der Waals surface area contributed by atoms with E-state index in [1.54, 1.807) is 0 Å². The van der Waals surface area contributed by atoms with Crippen LogP contribution in [-0.2, 0) is 4.79 Å². The van der Waals surface area contributed by atoms with Crippen LogP contribution in [0.25, 0.3) is 0 Å². The van der Waals surface area contributed by atoms with Crippen molar-refractivity contribution < 1.29 is 4.79 Å². The van der Waals surface area contributed by atoms with Gasteiger partial charge in [-0.1, -0.05) is 27.7 Å². The van der Waals surface area contributed by atoms with Gasteiger partial charge >= 0.3 is 0 Å². The Morgan fingerprint density at radius 2 is 1.57 bits per heavy atom. The molecule has 0 saturated heterocycles. The molecule has 0 spiro atoms. The number of carbonyl (C=O) groups is 1. The van der Waals surface area contributed by atoms with Gasteiger partial charge in [-0.05, 0) is 31.7 Å². The van der Waals surface area contributed by atoms with Crippen molar-refractivity contribution in [3.63, 3.8) is 0 Å². The van der Waals surface area contributed by atoms with Crippen molar-refractivity contribution in [2.75, 3.05) is 7.05 Å². The highest BCUT2D eigenvalue weighted by molar-refractivity contribution is 5.84. The van der Waals surface area contributed by atoms with Crippen LogP contribution in [0.15, 0.2) is 0 Å². The van der Waals surface area contributed by atoms with E-state index in [4.69, 9.17) is 5.73 Å². The molecule has 0 saturated carbocycles. The Morgan fingerprint density at radius 1 is 1.21 bits per heavy atom. The lowest BCUT2D eigenvalue weighted by Crippen LogP contribution is -2.55. The van der Waals surface area contributed by atoms with E-state index in [2.05, 4.69) is 33.0 Å². The lowest BCUT2D eigenvalue weighted by molar-refractivity contribution is -0.125. The quantitative estimate of drug-likeness (QED) is 0.683. The van der Waals surface area contributed by atoms with Crippen LogP contribution in [0.2, 0.25) is 0 Å². The van der Waals surface area contributed by atoms with Crippen LogP contribution < -0.4 is 11.1 Å². The van der Waals surface area contributed by atoms with Crippen molar-refractivity contribution in [2.24, 2.45) is 17.6 Å². The van der Waals surface area contributed by atoms with Crippen LogP contribution in [0.1, 0.15) is 40.5 Å². The molecule has 0 aliphatic rings. The van der Waals surface area contributed by atoms with Gasteiger partial charge in [-0.2, -0.15) is 0 Å². The molecule has 3 nitrogen and oxygen atoms in total. The molecule has 0 atom stereocenters. The number of rotatable bonds is 6. The molecule has 84 valence electrons. The van der Waals surface area contributed by atoms with E-state index in [9.17, 15) is 4.79 Å². The average Bonchev–Trinajstić information content (AvgIpc) is 2.00. The molecule has 0 aliphatic carbocycles. The summed E-state index contributed by atoms with van der Waals surface area (Å²) in [5.74, 6) is 0.699. The molecular weight excluding hydrogens is 176 g/mol. The molecule has 0 rings (SSSR count). The van der Waals surface area contributed by atoms with Gasteiger partial charge in [0.15, 0.2) is 0 Å². The fraction of sp³-hybridized carbons (Fsp3) is 0.909. The first-order valence-electron chi connectivity index (χ1n) is 5.33. The molecule has 3 heteroatoms. The van der Waals surface area contributed by atoms with Crippen molar-refractivity contribution in [3.8, 4) is 0 Å². The van der Waals surface area contributed by atoms with E-state index < -0.39 is 5.54 Å². The Kier molecular flexibility index (Phi) is 5.13. The van der Waals surface area contributed by atoms with Crippen molar-refractivity contribution in [3.05, 3.63) is 0 Å². The molecule has 0 fully saturated rings. The molecule has 0 aromatic heterocycles. The summed E-state index contributed by atoms with van der Waals surface area (Å²) in [5, 5.41) is 3.10. The van der Waals surface area contributed by atoms with Gasteiger partial charge in [0.25, 0.3) is 0 Å². The highest BCUT2D eigenvalue weighted by Gasteiger charge is 2.35. The fourth-order valence-corrected chi connectivity index (χ4v) is 2.01. The summed E-state index contributed by atoms with van der Waals surface area (Å²) in [6, 6.07) is 0. The van der Waals surface area contributed by atoms with Crippen molar-refractivity contribution in [1.29, 1.82) is 0 Å². The van der Waals surface area contributed by atoms with Crippen molar-refractivity contribution in [1.82, 2.24) is 5.32 Å². The summed E-state index contributed by atoms with van der Waals surface area (Å²) in [7, 11) is 1.82. The van der Waals surface area contributed by atoms with E-state index >= 15 is 0 Å². The van der Waals surface area contributed by atoms with Crippen LogP contribution >= 0.6 is 0 Å². The van der Waals surface area contributed by atoms with Crippen LogP contribution in [0.3, 0.4) is 0 Å². The Hall–Kier alpha value is -0.570. The van der Waals surface area contributed by atoms with Crippen molar-refractivity contribution in [2.45, 2.75) is 46.1 Å². The zero-order chi connectivity index (χ0) is 11.4. The van der Waals surface area contributed by atoms with E-state index in [0.29, 0.717) is 11.8 Å². The number of nitrogens with one attached hydrogen (secondary N) is 1. The minimum atomic E-state index is -0.525. The molecule has 0 aromatic rings. The second-order valence-corrected chi connectivity index (χ2v) is 4.89. The predicted octanol–water partition coefficient (Wildman–Crippen LogP) is 1.52. The first kappa shape index (κ1) is 13.4. The molecule has 0 radical (unpaired) electrons. The highest BCUT2D eigenvalue weighted by Crippen LogP contribution is 2.24. The molecule has 0 unspecified atom stereocenters. The van der Waals surface area contributed by atoms with Gasteiger partial charge in [-0.15, -0.1) is 0 Å². The van der Waals surface area contributed by atoms with Gasteiger partial charge in [0.2, 0.25) is 5.91 Å². The van der Waals surface area contributed by atoms with Gasteiger partial charge in [0.1, 0.15) is 0 Å². The Labute approximate surface area is 87.4 Å². The number of carbonyl (C=O) groups excluding carboxylic acids is 1. The SMILES string of the molecule is CNC(CC(C)C)(CC(C)C)C(N)=O. The number of nitrogens with two attached hydrogens (primary N) is 1. The molecule has 0 bridgehead atoms. The number of primary amides is 1. The summed E-state index contributed by atoms with van der Waals surface area (Å²) in [6.07, 6.45) is 1.61. The lowest BCUT2D eigenvalue weighted by atomic mass is 9.81. The van der Waals surface area contributed by atoms with Gasteiger partial charge in [-0.3, -0.25) is 4.79 Å². The molecule has 0 aromatic carbocycles. The topological polar surface area (TPSA) is 55.1 Å². The first-order chi connectivity index (χ1) is 6.34. The normalized spacial score (nSPS) is 12.5. The third-order valence-electron chi connectivity index (χ3n) is 2.46. The summed E-state index contributed by atoms with van der Waals surface area (Å²) in [6.45, 7) is 8.43. The lowest BCUT2D eigenvalue weighted by Gasteiger charge is -2.33. The summed E-state index contributed by atoms with van der Waals surface area (Å²) in [4.78, 5) is 11.5. The largest absolute Gasteiger partial charge is 0.368 e. The molecule has 3 N–H and O–H groups in total. The summed E-state index contributed by atoms with van der Waals surface area (Å²) in [5.41, 5.74) is 4.95. The smallest absolute Gasteiger partial charge is 0.237 e. The monoisotopic (exact) mass is 200 g/mol. The number of amides is 1. The van der Waals surface area contributed by atoms with Gasteiger partial charge in [-0.25, -0.2) is 0 Å². The van der Waals surface area contributed by atoms with E-state index in [0.717, 1.165) is 12.8 Å². The molecule has 1 amide bonds. The average molecular weight is 200 g/mol. The van der Waals surface area contributed by atoms with Crippen molar-refractivity contribution >= 4 is 5.91 Å². The van der Waals surface area contributed by atoms with Crippen LogP contribution in [0, 0.1) is 11.8 Å². The molecule has 14 heavy (non-hydrogen) atoms. The summed E-state index contributed by atoms with van der Waals surface area (Å²) >= 11 is 0. The maximum absolute atomic E-state index is 11.5. The molecule has 0 heterocycles. The maximum Gasteiger partial charge on any atom is 0.237 e. The fourth-order valence-electron chi connectivity index (χ4n) is 2.01. The van der Waals surface area contributed by atoms with Gasteiger partial charge in [0.05, 0.1) is 5.54 Å².